The summed E-state index contributed by atoms with van der Waals surface area (Å²) in [5.74, 6) is 1.63. The van der Waals surface area contributed by atoms with Crippen molar-refractivity contribution < 1.29 is 9.52 Å². The van der Waals surface area contributed by atoms with Gasteiger partial charge < -0.3 is 9.52 Å². The first-order valence-electron chi connectivity index (χ1n) is 5.56. The van der Waals surface area contributed by atoms with Crippen molar-refractivity contribution in [1.82, 2.24) is 0 Å². The maximum Gasteiger partial charge on any atom is 0.106 e. The van der Waals surface area contributed by atoms with Crippen LogP contribution in [0.2, 0.25) is 0 Å². The minimum absolute atomic E-state index is 0.522. The number of aliphatic hydroxyl groups excluding tert-OH is 1. The van der Waals surface area contributed by atoms with Gasteiger partial charge in [-0.1, -0.05) is 34.1 Å². The van der Waals surface area contributed by atoms with Crippen LogP contribution in [0.1, 0.15) is 28.8 Å². The molecule has 1 unspecified atom stereocenters. The highest BCUT2D eigenvalue weighted by molar-refractivity contribution is 9.10. The van der Waals surface area contributed by atoms with Gasteiger partial charge in [-0.2, -0.15) is 0 Å². The first-order valence-corrected chi connectivity index (χ1v) is 6.35. The molecule has 1 heterocycles. The Morgan fingerprint density at radius 3 is 2.59 bits per heavy atom. The van der Waals surface area contributed by atoms with Crippen molar-refractivity contribution in [2.45, 2.75) is 26.4 Å². The first-order chi connectivity index (χ1) is 8.08. The molecule has 2 aromatic rings. The number of rotatable bonds is 3. The molecule has 0 bridgehead atoms. The number of furan rings is 1. The van der Waals surface area contributed by atoms with E-state index in [1.165, 1.54) is 0 Å². The predicted octanol–water partition coefficient (Wildman–Crippen LogP) is 3.94. The molecule has 2 nitrogen and oxygen atoms in total. The summed E-state index contributed by atoms with van der Waals surface area (Å²) in [6.07, 6.45) is 0.0625. The molecule has 0 saturated carbocycles. The fraction of sp³-hybridized carbons (Fsp3) is 0.286. The SMILES string of the molecule is Cc1cc(C(O)Cc2ccccc2Br)c(C)o1. The average Bonchev–Trinajstić information content (AvgIpc) is 2.61. The van der Waals surface area contributed by atoms with Crippen LogP contribution in [0.3, 0.4) is 0 Å². The van der Waals surface area contributed by atoms with Gasteiger partial charge in [-0.15, -0.1) is 0 Å². The van der Waals surface area contributed by atoms with E-state index >= 15 is 0 Å². The summed E-state index contributed by atoms with van der Waals surface area (Å²) < 4.78 is 6.46. The van der Waals surface area contributed by atoms with Gasteiger partial charge in [0.05, 0.1) is 6.10 Å². The molecule has 0 fully saturated rings. The largest absolute Gasteiger partial charge is 0.466 e. The molecule has 90 valence electrons. The lowest BCUT2D eigenvalue weighted by atomic mass is 10.0. The quantitative estimate of drug-likeness (QED) is 0.930. The molecule has 17 heavy (non-hydrogen) atoms. The van der Waals surface area contributed by atoms with Crippen molar-refractivity contribution in [3.63, 3.8) is 0 Å². The molecule has 1 N–H and O–H groups in total. The molecule has 0 amide bonds. The molecular formula is C14H15BrO2. The number of aliphatic hydroxyl groups is 1. The van der Waals surface area contributed by atoms with Gasteiger partial charge in [-0.05, 0) is 31.5 Å². The van der Waals surface area contributed by atoms with E-state index in [4.69, 9.17) is 4.42 Å². The van der Waals surface area contributed by atoms with Gasteiger partial charge in [0.2, 0.25) is 0 Å². The summed E-state index contributed by atoms with van der Waals surface area (Å²) in [5, 5.41) is 10.2. The van der Waals surface area contributed by atoms with Gasteiger partial charge in [0, 0.05) is 16.5 Å². The highest BCUT2D eigenvalue weighted by Crippen LogP contribution is 2.27. The monoisotopic (exact) mass is 294 g/mol. The standard InChI is InChI=1S/C14H15BrO2/c1-9-7-12(10(2)17-9)14(16)8-11-5-3-4-6-13(11)15/h3-7,14,16H,8H2,1-2H3. The summed E-state index contributed by atoms with van der Waals surface area (Å²) in [4.78, 5) is 0. The summed E-state index contributed by atoms with van der Waals surface area (Å²) in [6, 6.07) is 9.83. The second-order valence-corrected chi connectivity index (χ2v) is 5.03. The zero-order valence-corrected chi connectivity index (χ0v) is 11.5. The highest BCUT2D eigenvalue weighted by atomic mass is 79.9. The molecule has 0 aliphatic rings. The lowest BCUT2D eigenvalue weighted by Gasteiger charge is -2.11. The van der Waals surface area contributed by atoms with Crippen molar-refractivity contribution in [1.29, 1.82) is 0 Å². The van der Waals surface area contributed by atoms with Crippen molar-refractivity contribution >= 4 is 15.9 Å². The van der Waals surface area contributed by atoms with Crippen LogP contribution in [-0.2, 0) is 6.42 Å². The lowest BCUT2D eigenvalue weighted by Crippen LogP contribution is -2.02. The Kier molecular flexibility index (Phi) is 3.69. The highest BCUT2D eigenvalue weighted by Gasteiger charge is 2.15. The topological polar surface area (TPSA) is 33.4 Å². The molecule has 3 heteroatoms. The molecule has 1 aromatic carbocycles. The van der Waals surface area contributed by atoms with E-state index in [2.05, 4.69) is 15.9 Å². The number of halogens is 1. The van der Waals surface area contributed by atoms with Crippen molar-refractivity contribution in [2.24, 2.45) is 0 Å². The molecule has 0 aliphatic heterocycles. The Morgan fingerprint density at radius 2 is 2.00 bits per heavy atom. The van der Waals surface area contributed by atoms with Crippen LogP contribution in [0.15, 0.2) is 39.2 Å². The van der Waals surface area contributed by atoms with E-state index in [-0.39, 0.29) is 0 Å². The Morgan fingerprint density at radius 1 is 1.29 bits per heavy atom. The smallest absolute Gasteiger partial charge is 0.106 e. The van der Waals surface area contributed by atoms with Crippen molar-refractivity contribution in [3.8, 4) is 0 Å². The van der Waals surface area contributed by atoms with E-state index in [1.54, 1.807) is 0 Å². The molecule has 1 aromatic heterocycles. The van der Waals surface area contributed by atoms with Gasteiger partial charge in [-0.25, -0.2) is 0 Å². The van der Waals surface area contributed by atoms with Crippen LogP contribution in [0.25, 0.3) is 0 Å². The van der Waals surface area contributed by atoms with Gasteiger partial charge in [0.25, 0.3) is 0 Å². The van der Waals surface area contributed by atoms with E-state index in [0.717, 1.165) is 27.1 Å². The average molecular weight is 295 g/mol. The predicted molar refractivity (Wildman–Crippen MR) is 71.0 cm³/mol. The van der Waals surface area contributed by atoms with Crippen LogP contribution in [-0.4, -0.2) is 5.11 Å². The molecule has 2 rings (SSSR count). The van der Waals surface area contributed by atoms with E-state index in [9.17, 15) is 5.11 Å². The summed E-state index contributed by atoms with van der Waals surface area (Å²) in [6.45, 7) is 3.77. The van der Waals surface area contributed by atoms with Crippen molar-refractivity contribution in [3.05, 3.63) is 57.5 Å². The van der Waals surface area contributed by atoms with E-state index in [1.807, 2.05) is 44.2 Å². The molecule has 0 aliphatic carbocycles. The minimum Gasteiger partial charge on any atom is -0.466 e. The second kappa shape index (κ2) is 5.07. The Hall–Kier alpha value is -1.06. The summed E-state index contributed by atoms with van der Waals surface area (Å²) in [5.41, 5.74) is 1.97. The third-order valence-corrected chi connectivity index (χ3v) is 3.58. The van der Waals surface area contributed by atoms with Crippen molar-refractivity contribution in [2.75, 3.05) is 0 Å². The zero-order chi connectivity index (χ0) is 12.4. The fourth-order valence-corrected chi connectivity index (χ4v) is 2.41. The van der Waals surface area contributed by atoms with Crippen LogP contribution in [0.4, 0.5) is 0 Å². The fourth-order valence-electron chi connectivity index (χ4n) is 1.96. The van der Waals surface area contributed by atoms with Crippen LogP contribution < -0.4 is 0 Å². The molecule has 0 radical (unpaired) electrons. The zero-order valence-electron chi connectivity index (χ0n) is 9.90. The minimum atomic E-state index is -0.522. The van der Waals surface area contributed by atoms with Gasteiger partial charge in [0.15, 0.2) is 0 Å². The van der Waals surface area contributed by atoms with Crippen LogP contribution in [0.5, 0.6) is 0 Å². The Balaban J connectivity index is 2.20. The first kappa shape index (κ1) is 12.4. The third kappa shape index (κ3) is 2.79. The molecule has 0 saturated heterocycles. The van der Waals surface area contributed by atoms with E-state index in [0.29, 0.717) is 6.42 Å². The molecule has 0 spiro atoms. The number of benzene rings is 1. The van der Waals surface area contributed by atoms with Gasteiger partial charge in [0.1, 0.15) is 11.5 Å². The third-order valence-electron chi connectivity index (χ3n) is 2.81. The number of aryl methyl sites for hydroxylation is 2. The van der Waals surface area contributed by atoms with Crippen LogP contribution in [0, 0.1) is 13.8 Å². The Bertz CT molecular complexity index is 517. The van der Waals surface area contributed by atoms with Gasteiger partial charge in [-0.3, -0.25) is 0 Å². The number of hydrogen-bond acceptors (Lipinski definition) is 2. The maximum atomic E-state index is 10.2. The Labute approximate surface area is 109 Å². The molecular weight excluding hydrogens is 280 g/mol. The lowest BCUT2D eigenvalue weighted by molar-refractivity contribution is 0.176. The normalized spacial score (nSPS) is 12.7. The summed E-state index contributed by atoms with van der Waals surface area (Å²) in [7, 11) is 0. The second-order valence-electron chi connectivity index (χ2n) is 4.18. The van der Waals surface area contributed by atoms with Gasteiger partial charge >= 0.3 is 0 Å². The molecule has 1 atom stereocenters. The summed E-state index contributed by atoms with van der Waals surface area (Å²) >= 11 is 3.49. The number of hydrogen-bond donors (Lipinski definition) is 1. The van der Waals surface area contributed by atoms with Crippen LogP contribution >= 0.6 is 15.9 Å². The van der Waals surface area contributed by atoms with E-state index < -0.39 is 6.10 Å². The maximum absolute atomic E-state index is 10.2.